The Bertz CT molecular complexity index is 1050. The molecule has 2 aromatic rings. The van der Waals surface area contributed by atoms with Gasteiger partial charge in [-0.05, 0) is 36.4 Å². The molecular weight excluding hydrogens is 389 g/mol. The summed E-state index contributed by atoms with van der Waals surface area (Å²) < 4.78 is 43.2. The molecule has 0 aromatic heterocycles. The first-order chi connectivity index (χ1) is 12.2. The first-order valence-electron chi connectivity index (χ1n) is 6.92. The minimum atomic E-state index is -4.11. The molecule has 26 heavy (non-hydrogen) atoms. The average molecular weight is 398 g/mol. The molecule has 3 rings (SSSR count). The molecule has 0 spiro atoms. The van der Waals surface area contributed by atoms with E-state index in [0.29, 0.717) is 5.69 Å². The number of benzene rings is 2. The van der Waals surface area contributed by atoms with Crippen molar-refractivity contribution in [1.82, 2.24) is 0 Å². The molecule has 1 heterocycles. The van der Waals surface area contributed by atoms with Gasteiger partial charge in [-0.15, -0.1) is 8.80 Å². The molecule has 0 unspecified atom stereocenters. The van der Waals surface area contributed by atoms with Crippen molar-refractivity contribution in [2.24, 2.45) is 8.80 Å². The van der Waals surface area contributed by atoms with Crippen LogP contribution in [-0.4, -0.2) is 25.0 Å². The molecule has 0 saturated heterocycles. The number of hydrogen-bond acceptors (Lipinski definition) is 6. The van der Waals surface area contributed by atoms with Gasteiger partial charge < -0.3 is 10.6 Å². The Labute approximate surface area is 151 Å². The number of anilines is 2. The third kappa shape index (κ3) is 3.95. The molecule has 0 atom stereocenters. The molecule has 0 saturated carbocycles. The summed E-state index contributed by atoms with van der Waals surface area (Å²) in [5.41, 5.74) is 0.201. The van der Waals surface area contributed by atoms with E-state index in [0.717, 1.165) is 6.07 Å². The normalized spacial score (nSPS) is 15.2. The third-order valence-electron chi connectivity index (χ3n) is 3.15. The summed E-state index contributed by atoms with van der Waals surface area (Å²) in [4.78, 5) is 10.3. The Balaban J connectivity index is 1.88. The summed E-state index contributed by atoms with van der Waals surface area (Å²) in [5, 5.41) is 16.2. The maximum Gasteiger partial charge on any atom is 0.367 e. The molecular formula is C14H9ClFN5O4S. The number of amidine groups is 2. The van der Waals surface area contributed by atoms with E-state index < -0.39 is 20.9 Å². The van der Waals surface area contributed by atoms with E-state index in [1.807, 2.05) is 0 Å². The zero-order valence-corrected chi connectivity index (χ0v) is 14.3. The molecule has 2 N–H and O–H groups in total. The van der Waals surface area contributed by atoms with Crippen LogP contribution in [0.4, 0.5) is 21.5 Å². The number of hydrogen-bond donors (Lipinski definition) is 2. The Kier molecular flexibility index (Phi) is 4.57. The van der Waals surface area contributed by atoms with Crippen LogP contribution in [0, 0.1) is 15.9 Å². The van der Waals surface area contributed by atoms with E-state index in [1.54, 1.807) is 0 Å². The lowest BCUT2D eigenvalue weighted by Gasteiger charge is -2.10. The molecule has 12 heteroatoms. The van der Waals surface area contributed by atoms with Crippen LogP contribution in [0.15, 0.2) is 51.3 Å². The second-order valence-corrected chi connectivity index (χ2v) is 6.68. The van der Waals surface area contributed by atoms with Crippen molar-refractivity contribution < 1.29 is 17.7 Å². The molecule has 134 valence electrons. The van der Waals surface area contributed by atoms with E-state index in [9.17, 15) is 22.9 Å². The fourth-order valence-electron chi connectivity index (χ4n) is 2.04. The van der Waals surface area contributed by atoms with Gasteiger partial charge in [0.15, 0.2) is 11.7 Å². The highest BCUT2D eigenvalue weighted by Crippen LogP contribution is 2.27. The smallest absolute Gasteiger partial charge is 0.336 e. The summed E-state index contributed by atoms with van der Waals surface area (Å²) >= 11 is 5.74. The van der Waals surface area contributed by atoms with Crippen LogP contribution in [0.25, 0.3) is 0 Å². The summed E-state index contributed by atoms with van der Waals surface area (Å²) in [5.74, 6) is -0.780. The lowest BCUT2D eigenvalue weighted by molar-refractivity contribution is -0.384. The molecule has 0 fully saturated rings. The second-order valence-electron chi connectivity index (χ2n) is 5.01. The number of rotatable bonds is 3. The first kappa shape index (κ1) is 17.8. The van der Waals surface area contributed by atoms with Crippen LogP contribution >= 0.6 is 11.6 Å². The number of nitrogens with zero attached hydrogens (tertiary/aromatic N) is 3. The van der Waals surface area contributed by atoms with Crippen molar-refractivity contribution in [1.29, 1.82) is 0 Å². The summed E-state index contributed by atoms with van der Waals surface area (Å²) in [6.45, 7) is 0. The average Bonchev–Trinajstić information content (AvgIpc) is 2.84. The predicted molar refractivity (Wildman–Crippen MR) is 95.5 cm³/mol. The highest BCUT2D eigenvalue weighted by molar-refractivity contribution is 7.89. The minimum Gasteiger partial charge on any atom is -0.336 e. The van der Waals surface area contributed by atoms with Gasteiger partial charge >= 0.3 is 10.2 Å². The van der Waals surface area contributed by atoms with Gasteiger partial charge in [-0.25, -0.2) is 4.39 Å². The van der Waals surface area contributed by atoms with E-state index in [1.165, 1.54) is 36.4 Å². The zero-order valence-electron chi connectivity index (χ0n) is 12.7. The minimum absolute atomic E-state index is 0.0696. The van der Waals surface area contributed by atoms with Crippen LogP contribution in [0.2, 0.25) is 5.02 Å². The Morgan fingerprint density at radius 2 is 1.54 bits per heavy atom. The highest BCUT2D eigenvalue weighted by atomic mass is 35.5. The first-order valence-corrected chi connectivity index (χ1v) is 8.70. The van der Waals surface area contributed by atoms with Crippen molar-refractivity contribution in [2.45, 2.75) is 0 Å². The van der Waals surface area contributed by atoms with Crippen molar-refractivity contribution in [3.05, 3.63) is 63.4 Å². The van der Waals surface area contributed by atoms with E-state index in [4.69, 9.17) is 11.6 Å². The van der Waals surface area contributed by atoms with Crippen molar-refractivity contribution in [2.75, 3.05) is 10.6 Å². The van der Waals surface area contributed by atoms with Gasteiger partial charge in [0, 0.05) is 17.4 Å². The lowest BCUT2D eigenvalue weighted by atomic mass is 10.2. The van der Waals surface area contributed by atoms with Crippen LogP contribution in [0.3, 0.4) is 0 Å². The van der Waals surface area contributed by atoms with Crippen molar-refractivity contribution in [3.8, 4) is 0 Å². The van der Waals surface area contributed by atoms with Crippen LogP contribution < -0.4 is 10.6 Å². The Hall–Kier alpha value is -3.05. The molecule has 1 aliphatic heterocycles. The third-order valence-corrected chi connectivity index (χ3v) is 4.30. The highest BCUT2D eigenvalue weighted by Gasteiger charge is 2.25. The van der Waals surface area contributed by atoms with Gasteiger partial charge in [-0.3, -0.25) is 10.1 Å². The largest absolute Gasteiger partial charge is 0.367 e. The monoisotopic (exact) mass is 397 g/mol. The standard InChI is InChI=1S/C14H9ClFN5O4S/c15-11-6-5-10(7-12(11)21(22)23)18-14-13(19-26(24,25)20-14)17-9-3-1-8(16)2-4-9/h1-7H,(H,17,19)(H,18,20). The van der Waals surface area contributed by atoms with Crippen molar-refractivity contribution in [3.63, 3.8) is 0 Å². The van der Waals surface area contributed by atoms with Gasteiger partial charge in [0.05, 0.1) is 4.92 Å². The number of nitro groups is 1. The van der Waals surface area contributed by atoms with E-state index >= 15 is 0 Å². The quantitative estimate of drug-likeness (QED) is 0.605. The van der Waals surface area contributed by atoms with Crippen LogP contribution in [0.5, 0.6) is 0 Å². The lowest BCUT2D eigenvalue weighted by Crippen LogP contribution is -2.27. The van der Waals surface area contributed by atoms with Gasteiger partial charge in [-0.1, -0.05) is 11.6 Å². The van der Waals surface area contributed by atoms with Gasteiger partial charge in [0.25, 0.3) is 5.69 Å². The molecule has 0 aliphatic carbocycles. The molecule has 0 amide bonds. The van der Waals surface area contributed by atoms with Crippen LogP contribution in [0.1, 0.15) is 0 Å². The number of nitrogens with one attached hydrogen (secondary N) is 2. The molecule has 0 bridgehead atoms. The zero-order chi connectivity index (χ0) is 18.9. The topological polar surface area (TPSA) is 126 Å². The SMILES string of the molecule is O=[N+]([O-])c1cc(NC2=NS(=O)(=O)N=C2Nc2ccc(F)cc2)ccc1Cl. The molecule has 0 radical (unpaired) electrons. The maximum absolute atomic E-state index is 13.0. The molecule has 9 nitrogen and oxygen atoms in total. The summed E-state index contributed by atoms with van der Waals surface area (Å²) in [7, 11) is -4.11. The molecule has 2 aromatic carbocycles. The van der Waals surface area contributed by atoms with Gasteiger partial charge in [0.2, 0.25) is 0 Å². The summed E-state index contributed by atoms with van der Waals surface area (Å²) in [6.07, 6.45) is 0. The predicted octanol–water partition coefficient (Wildman–Crippen LogP) is 2.97. The maximum atomic E-state index is 13.0. The second kappa shape index (κ2) is 6.69. The number of halogens is 2. The molecule has 1 aliphatic rings. The summed E-state index contributed by atoms with van der Waals surface area (Å²) in [6, 6.07) is 8.96. The Morgan fingerprint density at radius 1 is 1.00 bits per heavy atom. The van der Waals surface area contributed by atoms with E-state index in [-0.39, 0.29) is 28.1 Å². The fraction of sp³-hybridized carbons (Fsp3) is 0. The van der Waals surface area contributed by atoms with Gasteiger partial charge in [-0.2, -0.15) is 8.42 Å². The van der Waals surface area contributed by atoms with Crippen molar-refractivity contribution >= 4 is 50.5 Å². The fourth-order valence-corrected chi connectivity index (χ4v) is 2.99. The number of nitro benzene ring substituents is 1. The Morgan fingerprint density at radius 3 is 2.12 bits per heavy atom. The van der Waals surface area contributed by atoms with Crippen LogP contribution in [-0.2, 0) is 10.2 Å². The van der Waals surface area contributed by atoms with E-state index in [2.05, 4.69) is 19.4 Å². The van der Waals surface area contributed by atoms with Gasteiger partial charge in [0.1, 0.15) is 10.8 Å².